The van der Waals surface area contributed by atoms with Crippen molar-refractivity contribution in [2.45, 2.75) is 125 Å². The Morgan fingerprint density at radius 1 is 0.656 bits per heavy atom. The van der Waals surface area contributed by atoms with Crippen molar-refractivity contribution in [3.63, 3.8) is 0 Å². The van der Waals surface area contributed by atoms with E-state index in [0.717, 1.165) is 25.2 Å². The van der Waals surface area contributed by atoms with Gasteiger partial charge in [-0.3, -0.25) is 0 Å². The van der Waals surface area contributed by atoms with Crippen LogP contribution in [0.4, 0.5) is 0 Å². The van der Waals surface area contributed by atoms with E-state index in [9.17, 15) is 10.2 Å². The van der Waals surface area contributed by atoms with E-state index < -0.39 is 0 Å². The summed E-state index contributed by atoms with van der Waals surface area (Å²) in [5.41, 5.74) is 2.91. The van der Waals surface area contributed by atoms with Crippen LogP contribution >= 0.6 is 0 Å². The minimum atomic E-state index is -0.156. The van der Waals surface area contributed by atoms with E-state index in [-0.39, 0.29) is 23.0 Å². The molecular weight excluding hydrogens is 392 g/mol. The zero-order chi connectivity index (χ0) is 23.3. The average Bonchev–Trinajstić information content (AvgIpc) is 2.86. The highest BCUT2D eigenvalue weighted by Crippen LogP contribution is 2.70. The second-order valence-corrected chi connectivity index (χ2v) is 14.9. The fourth-order valence-corrected chi connectivity index (χ4v) is 10.9. The number of hydrogen-bond acceptors (Lipinski definition) is 2. The SMILES string of the molecule is CC1(C)[C@H]2CC[C@@]3(C)CC4=CC[C@H]5C(C)(C)[C@H](O)CC[C@]5(C)[C@H]4CC[C@@H]3[C@@]2(C)CC[C@@H]1O. The molecule has 0 aliphatic heterocycles. The Bertz CT molecular complexity index is 795. The molecule has 9 atom stereocenters. The molecule has 5 aliphatic carbocycles. The molecule has 0 bridgehead atoms. The molecule has 0 radical (unpaired) electrons. The molecule has 0 unspecified atom stereocenters. The van der Waals surface area contributed by atoms with Crippen molar-refractivity contribution >= 4 is 0 Å². The number of allylic oxidation sites excluding steroid dienone is 2. The molecule has 0 aromatic heterocycles. The third-order valence-corrected chi connectivity index (χ3v) is 12.9. The fraction of sp³-hybridized carbons (Fsp3) is 0.933. The quantitative estimate of drug-likeness (QED) is 0.391. The number of hydrogen-bond donors (Lipinski definition) is 2. The van der Waals surface area contributed by atoms with E-state index >= 15 is 0 Å². The topological polar surface area (TPSA) is 40.5 Å². The van der Waals surface area contributed by atoms with Crippen LogP contribution in [0.15, 0.2) is 11.6 Å². The summed E-state index contributed by atoms with van der Waals surface area (Å²) in [4.78, 5) is 0. The molecule has 32 heavy (non-hydrogen) atoms. The summed E-state index contributed by atoms with van der Waals surface area (Å²) in [6.45, 7) is 17.2. The van der Waals surface area contributed by atoms with Crippen molar-refractivity contribution in [1.82, 2.24) is 0 Å². The third kappa shape index (κ3) is 2.96. The van der Waals surface area contributed by atoms with Crippen LogP contribution in [0, 0.1) is 50.7 Å². The molecule has 5 aliphatic rings. The van der Waals surface area contributed by atoms with Crippen LogP contribution in [-0.4, -0.2) is 22.4 Å². The second-order valence-electron chi connectivity index (χ2n) is 14.9. The van der Waals surface area contributed by atoms with Crippen LogP contribution in [-0.2, 0) is 0 Å². The zero-order valence-corrected chi connectivity index (χ0v) is 22.0. The maximum atomic E-state index is 10.9. The van der Waals surface area contributed by atoms with E-state index in [4.69, 9.17) is 0 Å². The lowest BCUT2D eigenvalue weighted by molar-refractivity contribution is -0.170. The lowest BCUT2D eigenvalue weighted by Gasteiger charge is -2.63. The number of rotatable bonds is 0. The van der Waals surface area contributed by atoms with Gasteiger partial charge in [-0.15, -0.1) is 0 Å². The van der Waals surface area contributed by atoms with Gasteiger partial charge in [0.05, 0.1) is 12.2 Å². The Kier molecular flexibility index (Phi) is 5.19. The standard InChI is InChI=1S/C30H50O2/c1-26(2)21-10-8-19-18-28(5)15-12-22-27(3,4)25(32)14-17-30(22,7)23(28)11-9-20(19)29(21,6)16-13-24(26)31/h8,20-25,31-32H,9-18H2,1-7H3/t20-,21-,22+,23-,24+,25-,28-,29+,30-/m0/s1. The molecule has 0 aromatic rings. The van der Waals surface area contributed by atoms with E-state index in [1.165, 1.54) is 44.9 Å². The van der Waals surface area contributed by atoms with Gasteiger partial charge in [0.25, 0.3) is 0 Å². The van der Waals surface area contributed by atoms with Gasteiger partial charge in [-0.05, 0) is 115 Å². The Hall–Kier alpha value is -0.340. The molecule has 0 heterocycles. The predicted octanol–water partition coefficient (Wildman–Crippen LogP) is 7.14. The van der Waals surface area contributed by atoms with E-state index in [1.54, 1.807) is 5.57 Å². The lowest BCUT2D eigenvalue weighted by atomic mass is 9.42. The van der Waals surface area contributed by atoms with Crippen molar-refractivity contribution < 1.29 is 10.2 Å². The first-order chi connectivity index (χ1) is 14.8. The summed E-state index contributed by atoms with van der Waals surface area (Å²) in [5.74, 6) is 2.68. The van der Waals surface area contributed by atoms with Crippen molar-refractivity contribution in [2.75, 3.05) is 0 Å². The molecule has 2 heteroatoms. The van der Waals surface area contributed by atoms with Crippen molar-refractivity contribution in [3.8, 4) is 0 Å². The van der Waals surface area contributed by atoms with Crippen LogP contribution in [0.2, 0.25) is 0 Å². The first-order valence-electron chi connectivity index (χ1n) is 13.8. The largest absolute Gasteiger partial charge is 0.393 e. The smallest absolute Gasteiger partial charge is 0.0594 e. The Morgan fingerprint density at radius 3 is 1.91 bits per heavy atom. The minimum Gasteiger partial charge on any atom is -0.393 e. The third-order valence-electron chi connectivity index (χ3n) is 12.9. The van der Waals surface area contributed by atoms with Crippen LogP contribution in [0.1, 0.15) is 113 Å². The zero-order valence-electron chi connectivity index (χ0n) is 22.0. The Balaban J connectivity index is 1.50. The molecule has 0 aromatic carbocycles. The lowest BCUT2D eigenvalue weighted by Crippen LogP contribution is -2.58. The minimum absolute atomic E-state index is 0.0125. The summed E-state index contributed by atoms with van der Waals surface area (Å²) in [6, 6.07) is 0. The number of fused-ring (bicyclic) bond motifs is 6. The maximum absolute atomic E-state index is 10.9. The van der Waals surface area contributed by atoms with Gasteiger partial charge in [-0.25, -0.2) is 0 Å². The molecule has 182 valence electrons. The number of aliphatic hydroxyl groups is 2. The second kappa shape index (κ2) is 7.09. The molecule has 0 amide bonds. The van der Waals surface area contributed by atoms with Gasteiger partial charge < -0.3 is 10.2 Å². The van der Waals surface area contributed by atoms with Gasteiger partial charge in [0.1, 0.15) is 0 Å². The van der Waals surface area contributed by atoms with Gasteiger partial charge in [0, 0.05) is 0 Å². The molecule has 0 saturated heterocycles. The van der Waals surface area contributed by atoms with E-state index in [2.05, 4.69) is 54.5 Å². The Morgan fingerprint density at radius 2 is 1.25 bits per heavy atom. The molecule has 2 nitrogen and oxygen atoms in total. The molecular formula is C30H50O2. The van der Waals surface area contributed by atoms with E-state index in [1.807, 2.05) is 0 Å². The monoisotopic (exact) mass is 442 g/mol. The fourth-order valence-electron chi connectivity index (χ4n) is 10.9. The summed E-state index contributed by atoms with van der Waals surface area (Å²) >= 11 is 0. The average molecular weight is 443 g/mol. The molecule has 0 spiro atoms. The molecule has 5 rings (SSSR count). The summed E-state index contributed by atoms with van der Waals surface area (Å²) in [7, 11) is 0. The van der Waals surface area contributed by atoms with Gasteiger partial charge in [-0.1, -0.05) is 60.1 Å². The van der Waals surface area contributed by atoms with Gasteiger partial charge in [-0.2, -0.15) is 0 Å². The highest BCUT2D eigenvalue weighted by atomic mass is 16.3. The summed E-state index contributed by atoms with van der Waals surface area (Å²) in [6.07, 6.45) is 14.4. The number of aliphatic hydroxyl groups excluding tert-OH is 2. The highest BCUT2D eigenvalue weighted by molar-refractivity contribution is 5.25. The van der Waals surface area contributed by atoms with Crippen molar-refractivity contribution in [1.29, 1.82) is 0 Å². The van der Waals surface area contributed by atoms with Crippen LogP contribution in [0.25, 0.3) is 0 Å². The Labute approximate surface area is 197 Å². The summed E-state index contributed by atoms with van der Waals surface area (Å²) < 4.78 is 0. The predicted molar refractivity (Wildman–Crippen MR) is 132 cm³/mol. The first-order valence-corrected chi connectivity index (χ1v) is 13.8. The van der Waals surface area contributed by atoms with Gasteiger partial charge in [0.15, 0.2) is 0 Å². The molecule has 4 fully saturated rings. The van der Waals surface area contributed by atoms with Crippen LogP contribution in [0.3, 0.4) is 0 Å². The van der Waals surface area contributed by atoms with E-state index in [0.29, 0.717) is 34.0 Å². The van der Waals surface area contributed by atoms with Crippen LogP contribution in [0.5, 0.6) is 0 Å². The van der Waals surface area contributed by atoms with Crippen LogP contribution < -0.4 is 0 Å². The van der Waals surface area contributed by atoms with Crippen molar-refractivity contribution in [3.05, 3.63) is 11.6 Å². The summed E-state index contributed by atoms with van der Waals surface area (Å²) in [5, 5.41) is 21.7. The molecule has 4 saturated carbocycles. The van der Waals surface area contributed by atoms with Crippen molar-refractivity contribution in [2.24, 2.45) is 50.7 Å². The maximum Gasteiger partial charge on any atom is 0.0594 e. The normalized spacial score (nSPS) is 54.2. The first kappa shape index (κ1) is 23.4. The van der Waals surface area contributed by atoms with Gasteiger partial charge in [0.2, 0.25) is 0 Å². The van der Waals surface area contributed by atoms with Gasteiger partial charge >= 0.3 is 0 Å². The molecule has 2 N–H and O–H groups in total. The highest BCUT2D eigenvalue weighted by Gasteiger charge is 2.63.